The number of amides is 2. The molecule has 4 heteroatoms. The lowest BCUT2D eigenvalue weighted by atomic mass is 9.96. The molecule has 2 aliphatic rings. The Morgan fingerprint density at radius 1 is 1.22 bits per heavy atom. The zero-order chi connectivity index (χ0) is 13.0. The van der Waals surface area contributed by atoms with Crippen molar-refractivity contribution in [2.24, 2.45) is 0 Å². The van der Waals surface area contributed by atoms with E-state index in [1.807, 2.05) is 16.7 Å². The molecule has 0 atom stereocenters. The normalized spacial score (nSPS) is 25.6. The molecule has 0 aromatic rings. The van der Waals surface area contributed by atoms with Gasteiger partial charge in [-0.15, -0.1) is 0 Å². The predicted molar refractivity (Wildman–Crippen MR) is 78.1 cm³/mol. The number of hydrogen-bond acceptors (Lipinski definition) is 2. The van der Waals surface area contributed by atoms with Crippen LogP contribution in [-0.2, 0) is 0 Å². The molecule has 0 bridgehead atoms. The van der Waals surface area contributed by atoms with E-state index < -0.39 is 0 Å². The van der Waals surface area contributed by atoms with Crippen molar-refractivity contribution < 1.29 is 4.79 Å². The maximum absolute atomic E-state index is 12.2. The highest BCUT2D eigenvalue weighted by Crippen LogP contribution is 2.30. The molecule has 104 valence electrons. The monoisotopic (exact) mass is 270 g/mol. The Bertz CT molecular complexity index is 288. The van der Waals surface area contributed by atoms with Crippen LogP contribution in [0.15, 0.2) is 0 Å². The summed E-state index contributed by atoms with van der Waals surface area (Å²) in [6, 6.07) is 0.593. The van der Waals surface area contributed by atoms with Gasteiger partial charge in [-0.05, 0) is 19.3 Å². The molecule has 0 radical (unpaired) electrons. The molecule has 1 heterocycles. The predicted octanol–water partition coefficient (Wildman–Crippen LogP) is 3.25. The summed E-state index contributed by atoms with van der Waals surface area (Å²) in [5.41, 5.74) is 0. The molecule has 1 aliphatic carbocycles. The highest BCUT2D eigenvalue weighted by molar-refractivity contribution is 8.00. The first-order chi connectivity index (χ1) is 8.57. The zero-order valence-electron chi connectivity index (χ0n) is 11.7. The number of hydrogen-bond donors (Lipinski definition) is 1. The third kappa shape index (κ3) is 4.08. The lowest BCUT2D eigenvalue weighted by Crippen LogP contribution is -2.46. The Morgan fingerprint density at radius 2 is 1.94 bits per heavy atom. The Hall–Kier alpha value is -0.380. The van der Waals surface area contributed by atoms with Gasteiger partial charge in [-0.3, -0.25) is 0 Å². The van der Waals surface area contributed by atoms with Gasteiger partial charge in [-0.1, -0.05) is 33.1 Å². The number of thioether (sulfide) groups is 1. The molecule has 0 unspecified atom stereocenters. The molecule has 1 saturated carbocycles. The van der Waals surface area contributed by atoms with Crippen LogP contribution < -0.4 is 5.32 Å². The number of nitrogens with zero attached hydrogens (tertiary/aromatic N) is 1. The van der Waals surface area contributed by atoms with Crippen molar-refractivity contribution >= 4 is 17.8 Å². The van der Waals surface area contributed by atoms with Crippen LogP contribution in [0.5, 0.6) is 0 Å². The van der Waals surface area contributed by atoms with Gasteiger partial charge >= 0.3 is 6.03 Å². The molecule has 0 spiro atoms. The molecule has 1 aliphatic heterocycles. The smallest absolute Gasteiger partial charge is 0.317 e. The van der Waals surface area contributed by atoms with Gasteiger partial charge in [0.25, 0.3) is 0 Å². The Labute approximate surface area is 115 Å². The molecule has 2 fully saturated rings. The van der Waals surface area contributed by atoms with E-state index in [-0.39, 0.29) is 6.03 Å². The molecule has 1 N–H and O–H groups in total. The van der Waals surface area contributed by atoms with E-state index in [0.717, 1.165) is 25.3 Å². The molecular formula is C14H26N2OS. The summed E-state index contributed by atoms with van der Waals surface area (Å²) in [5, 5.41) is 3.22. The molecule has 2 amide bonds. The van der Waals surface area contributed by atoms with Crippen LogP contribution in [0.25, 0.3) is 0 Å². The quantitative estimate of drug-likeness (QED) is 0.793. The van der Waals surface area contributed by atoms with Gasteiger partial charge in [-0.25, -0.2) is 4.79 Å². The van der Waals surface area contributed by atoms with E-state index in [1.165, 1.54) is 32.1 Å². The Balaban J connectivity index is 1.81. The van der Waals surface area contributed by atoms with Crippen LogP contribution in [0.4, 0.5) is 4.79 Å². The lowest BCUT2D eigenvalue weighted by Gasteiger charge is -2.28. The summed E-state index contributed by atoms with van der Waals surface area (Å²) >= 11 is 1.99. The summed E-state index contributed by atoms with van der Waals surface area (Å²) in [6.07, 6.45) is 7.30. The molecule has 3 nitrogen and oxygen atoms in total. The van der Waals surface area contributed by atoms with Gasteiger partial charge in [0.1, 0.15) is 0 Å². The maximum Gasteiger partial charge on any atom is 0.317 e. The third-order valence-corrected chi connectivity index (χ3v) is 5.43. The van der Waals surface area contributed by atoms with Crippen molar-refractivity contribution in [3.05, 3.63) is 0 Å². The largest absolute Gasteiger partial charge is 0.335 e. The maximum atomic E-state index is 12.2. The molecule has 18 heavy (non-hydrogen) atoms. The molecule has 0 aromatic carbocycles. The van der Waals surface area contributed by atoms with Gasteiger partial charge < -0.3 is 10.2 Å². The number of nitrogens with one attached hydrogen (secondary N) is 1. The molecule has 0 aromatic heterocycles. The van der Waals surface area contributed by atoms with E-state index in [0.29, 0.717) is 10.8 Å². The fraction of sp³-hybridized carbons (Fsp3) is 0.929. The van der Waals surface area contributed by atoms with Gasteiger partial charge in [0.15, 0.2) is 0 Å². The second-order valence-corrected chi connectivity index (χ2v) is 7.93. The first-order valence-electron chi connectivity index (χ1n) is 7.26. The topological polar surface area (TPSA) is 32.3 Å². The van der Waals surface area contributed by atoms with Crippen LogP contribution in [0.2, 0.25) is 0 Å². The minimum atomic E-state index is 0.167. The average Bonchev–Trinajstić information content (AvgIpc) is 2.51. The van der Waals surface area contributed by atoms with Crippen molar-refractivity contribution in [1.82, 2.24) is 10.2 Å². The van der Waals surface area contributed by atoms with Gasteiger partial charge in [-0.2, -0.15) is 11.8 Å². The van der Waals surface area contributed by atoms with E-state index in [4.69, 9.17) is 0 Å². The second kappa shape index (κ2) is 6.18. The van der Waals surface area contributed by atoms with Crippen molar-refractivity contribution in [2.75, 3.05) is 18.8 Å². The second-order valence-electron chi connectivity index (χ2n) is 6.13. The Kier molecular flexibility index (Phi) is 4.82. The molecule has 2 rings (SSSR count). The van der Waals surface area contributed by atoms with Crippen molar-refractivity contribution in [2.45, 2.75) is 63.2 Å². The van der Waals surface area contributed by atoms with Crippen LogP contribution in [0, 0.1) is 0 Å². The molecule has 1 saturated heterocycles. The number of carbonyl (C=O) groups excluding carboxylic acids is 1. The highest BCUT2D eigenvalue weighted by atomic mass is 32.2. The van der Waals surface area contributed by atoms with Crippen molar-refractivity contribution in [1.29, 1.82) is 0 Å². The van der Waals surface area contributed by atoms with Crippen LogP contribution in [0.3, 0.4) is 0 Å². The first kappa shape index (κ1) is 14.0. The van der Waals surface area contributed by atoms with Crippen LogP contribution in [0.1, 0.15) is 52.4 Å². The minimum absolute atomic E-state index is 0.167. The van der Waals surface area contributed by atoms with Crippen LogP contribution >= 0.6 is 11.8 Å². The number of carbonyl (C=O) groups is 1. The summed E-state index contributed by atoms with van der Waals surface area (Å²) in [5.74, 6) is 1.06. The van der Waals surface area contributed by atoms with Crippen molar-refractivity contribution in [3.8, 4) is 0 Å². The van der Waals surface area contributed by atoms with Gasteiger partial charge in [0.05, 0.1) is 0 Å². The number of urea groups is 1. The molecular weight excluding hydrogens is 244 g/mol. The summed E-state index contributed by atoms with van der Waals surface area (Å²) in [4.78, 5) is 14.2. The third-order valence-electron chi connectivity index (χ3n) is 4.06. The average molecular weight is 270 g/mol. The Morgan fingerprint density at radius 3 is 2.67 bits per heavy atom. The standard InChI is InChI=1S/C14H26N2OS/c1-14(2)8-9-16(10-11-18-14)13(17)15-12-6-4-3-5-7-12/h12H,3-11H2,1-2H3,(H,15,17). The van der Waals surface area contributed by atoms with Gasteiger partial charge in [0, 0.05) is 29.6 Å². The first-order valence-corrected chi connectivity index (χ1v) is 8.25. The fourth-order valence-electron chi connectivity index (χ4n) is 2.74. The van der Waals surface area contributed by atoms with Gasteiger partial charge in [0.2, 0.25) is 0 Å². The van der Waals surface area contributed by atoms with Crippen molar-refractivity contribution in [3.63, 3.8) is 0 Å². The number of rotatable bonds is 1. The minimum Gasteiger partial charge on any atom is -0.335 e. The fourth-order valence-corrected chi connectivity index (χ4v) is 3.84. The summed E-state index contributed by atoms with van der Waals surface area (Å²) in [7, 11) is 0. The zero-order valence-corrected chi connectivity index (χ0v) is 12.5. The van der Waals surface area contributed by atoms with Crippen LogP contribution in [-0.4, -0.2) is 40.6 Å². The summed E-state index contributed by atoms with van der Waals surface area (Å²) in [6.45, 7) is 6.35. The summed E-state index contributed by atoms with van der Waals surface area (Å²) < 4.78 is 0.319. The lowest BCUT2D eigenvalue weighted by molar-refractivity contribution is 0.192. The van der Waals surface area contributed by atoms with E-state index in [9.17, 15) is 4.79 Å². The SMILES string of the molecule is CC1(C)CCN(C(=O)NC2CCCCC2)CCS1. The highest BCUT2D eigenvalue weighted by Gasteiger charge is 2.27. The van der Waals surface area contributed by atoms with E-state index in [2.05, 4.69) is 19.2 Å². The van der Waals surface area contributed by atoms with E-state index in [1.54, 1.807) is 0 Å². The van der Waals surface area contributed by atoms with E-state index >= 15 is 0 Å².